The minimum atomic E-state index is -0.0820. The van der Waals surface area contributed by atoms with Crippen LogP contribution in [0.4, 0.5) is 5.13 Å². The first-order valence-electron chi connectivity index (χ1n) is 9.69. The summed E-state index contributed by atoms with van der Waals surface area (Å²) >= 11 is 1.41. The first-order chi connectivity index (χ1) is 14.2. The molecule has 1 saturated heterocycles. The van der Waals surface area contributed by atoms with Crippen molar-refractivity contribution in [2.24, 2.45) is 0 Å². The van der Waals surface area contributed by atoms with E-state index in [4.69, 9.17) is 4.74 Å². The average molecular weight is 410 g/mol. The summed E-state index contributed by atoms with van der Waals surface area (Å²) in [6, 6.07) is 9.74. The molecule has 0 radical (unpaired) electrons. The molecule has 150 valence electrons. The molecule has 2 aromatic heterocycles. The highest BCUT2D eigenvalue weighted by Gasteiger charge is 2.24. The van der Waals surface area contributed by atoms with Gasteiger partial charge in [-0.15, -0.1) is 11.3 Å². The fraction of sp³-hybridized carbons (Fsp3) is 0.333. The minimum Gasteiger partial charge on any atom is -0.491 e. The van der Waals surface area contributed by atoms with Gasteiger partial charge in [-0.3, -0.25) is 19.5 Å². The molecular formula is C21H22N4O3S. The number of carbonyl (C=O) groups is 2. The van der Waals surface area contributed by atoms with Crippen LogP contribution < -0.4 is 15.0 Å². The van der Waals surface area contributed by atoms with Crippen LogP contribution >= 0.6 is 11.3 Å². The monoisotopic (exact) mass is 410 g/mol. The second-order valence-corrected chi connectivity index (χ2v) is 7.67. The minimum absolute atomic E-state index is 0.0820. The Morgan fingerprint density at radius 1 is 1.28 bits per heavy atom. The van der Waals surface area contributed by atoms with Gasteiger partial charge in [0.25, 0.3) is 0 Å². The largest absolute Gasteiger partial charge is 0.491 e. The summed E-state index contributed by atoms with van der Waals surface area (Å²) in [7, 11) is 0. The molecule has 1 aliphatic heterocycles. The lowest BCUT2D eigenvalue weighted by atomic mass is 10.2. The number of carbonyl (C=O) groups excluding carboxylic acids is 2. The molecule has 4 rings (SSSR count). The topological polar surface area (TPSA) is 84.4 Å². The van der Waals surface area contributed by atoms with Gasteiger partial charge in [-0.1, -0.05) is 18.2 Å². The van der Waals surface area contributed by atoms with E-state index in [0.29, 0.717) is 43.4 Å². The molecule has 1 aromatic carbocycles. The highest BCUT2D eigenvalue weighted by atomic mass is 32.1. The molecule has 1 aliphatic rings. The summed E-state index contributed by atoms with van der Waals surface area (Å²) < 4.78 is 5.83. The van der Waals surface area contributed by atoms with Gasteiger partial charge >= 0.3 is 0 Å². The number of anilines is 1. The van der Waals surface area contributed by atoms with Crippen LogP contribution in [0.25, 0.3) is 10.9 Å². The fourth-order valence-corrected chi connectivity index (χ4v) is 4.12. The van der Waals surface area contributed by atoms with Crippen LogP contribution in [0.15, 0.2) is 41.9 Å². The quantitative estimate of drug-likeness (QED) is 0.577. The molecule has 29 heavy (non-hydrogen) atoms. The van der Waals surface area contributed by atoms with Crippen LogP contribution in [0.1, 0.15) is 25.0 Å². The van der Waals surface area contributed by atoms with Gasteiger partial charge in [-0.05, 0) is 25.0 Å². The number of pyridine rings is 1. The number of hydrogen-bond acceptors (Lipinski definition) is 6. The number of benzene rings is 1. The van der Waals surface area contributed by atoms with Crippen molar-refractivity contribution in [3.8, 4) is 5.75 Å². The molecule has 0 bridgehead atoms. The van der Waals surface area contributed by atoms with E-state index >= 15 is 0 Å². The van der Waals surface area contributed by atoms with E-state index in [9.17, 15) is 9.59 Å². The molecule has 7 nitrogen and oxygen atoms in total. The van der Waals surface area contributed by atoms with Crippen molar-refractivity contribution in [2.75, 3.05) is 24.6 Å². The van der Waals surface area contributed by atoms with E-state index in [1.165, 1.54) is 11.3 Å². The SMILES string of the molecule is O=C(Cc1csc(N2CCCC2=O)n1)NCCCOc1cccc2cccnc12. The maximum atomic E-state index is 12.1. The maximum absolute atomic E-state index is 12.1. The summed E-state index contributed by atoms with van der Waals surface area (Å²) in [6.45, 7) is 1.73. The van der Waals surface area contributed by atoms with E-state index in [1.807, 2.05) is 35.7 Å². The van der Waals surface area contributed by atoms with E-state index in [2.05, 4.69) is 15.3 Å². The predicted molar refractivity (Wildman–Crippen MR) is 112 cm³/mol. The zero-order valence-corrected chi connectivity index (χ0v) is 16.8. The first kappa shape index (κ1) is 19.3. The Morgan fingerprint density at radius 2 is 2.17 bits per heavy atom. The third-order valence-electron chi connectivity index (χ3n) is 4.68. The van der Waals surface area contributed by atoms with Crippen LogP contribution in [0.3, 0.4) is 0 Å². The second kappa shape index (κ2) is 9.00. The number of para-hydroxylation sites is 1. The maximum Gasteiger partial charge on any atom is 0.228 e. The molecule has 0 spiro atoms. The van der Waals surface area contributed by atoms with Gasteiger partial charge in [0.2, 0.25) is 11.8 Å². The van der Waals surface area contributed by atoms with Crippen molar-refractivity contribution in [1.82, 2.24) is 15.3 Å². The van der Waals surface area contributed by atoms with Gasteiger partial charge in [-0.2, -0.15) is 0 Å². The van der Waals surface area contributed by atoms with E-state index < -0.39 is 0 Å². The lowest BCUT2D eigenvalue weighted by Crippen LogP contribution is -2.27. The molecule has 3 aromatic rings. The van der Waals surface area contributed by atoms with Gasteiger partial charge in [-0.25, -0.2) is 4.98 Å². The zero-order valence-electron chi connectivity index (χ0n) is 16.0. The number of nitrogens with one attached hydrogen (secondary N) is 1. The summed E-state index contributed by atoms with van der Waals surface area (Å²) in [5.41, 5.74) is 1.54. The molecule has 8 heteroatoms. The van der Waals surface area contributed by atoms with Gasteiger partial charge in [0.1, 0.15) is 11.3 Å². The van der Waals surface area contributed by atoms with E-state index in [-0.39, 0.29) is 18.2 Å². The van der Waals surface area contributed by atoms with Gasteiger partial charge < -0.3 is 10.1 Å². The van der Waals surface area contributed by atoms with Crippen LogP contribution in [-0.4, -0.2) is 41.5 Å². The molecule has 2 amide bonds. The van der Waals surface area contributed by atoms with Crippen LogP contribution in [0.2, 0.25) is 0 Å². The standard InChI is InChI=1S/C21H22N4O3S/c26-18(13-16-14-29-21(24-16)25-11-3-8-19(25)27)22-10-4-12-28-17-7-1-5-15-6-2-9-23-20(15)17/h1-2,5-7,9,14H,3-4,8,10-13H2,(H,22,26). The number of rotatable bonds is 8. The molecule has 1 fully saturated rings. The Morgan fingerprint density at radius 3 is 3.03 bits per heavy atom. The lowest BCUT2D eigenvalue weighted by Gasteiger charge is -2.10. The number of fused-ring (bicyclic) bond motifs is 1. The number of aromatic nitrogens is 2. The highest BCUT2D eigenvalue weighted by molar-refractivity contribution is 7.14. The second-order valence-electron chi connectivity index (χ2n) is 6.83. The molecule has 0 saturated carbocycles. The highest BCUT2D eigenvalue weighted by Crippen LogP contribution is 2.25. The normalized spacial score (nSPS) is 13.8. The van der Waals surface area contributed by atoms with Crippen LogP contribution in [0.5, 0.6) is 5.75 Å². The van der Waals surface area contributed by atoms with E-state index in [0.717, 1.165) is 23.1 Å². The van der Waals surface area contributed by atoms with Crippen LogP contribution in [0, 0.1) is 0 Å². The number of ether oxygens (including phenoxy) is 1. The Bertz CT molecular complexity index is 1010. The van der Waals surface area contributed by atoms with Crippen molar-refractivity contribution >= 4 is 39.2 Å². The van der Waals surface area contributed by atoms with Crippen molar-refractivity contribution in [2.45, 2.75) is 25.7 Å². The Labute approximate surface area is 172 Å². The zero-order chi connectivity index (χ0) is 20.1. The van der Waals surface area contributed by atoms with Crippen LogP contribution in [-0.2, 0) is 16.0 Å². The number of amides is 2. The molecular weight excluding hydrogens is 388 g/mol. The van der Waals surface area contributed by atoms with Crippen molar-refractivity contribution < 1.29 is 14.3 Å². The van der Waals surface area contributed by atoms with E-state index in [1.54, 1.807) is 11.1 Å². The Kier molecular flexibility index (Phi) is 6.00. The van der Waals surface area contributed by atoms with Crippen molar-refractivity contribution in [3.63, 3.8) is 0 Å². The Hall–Kier alpha value is -3.00. The Balaban J connectivity index is 1.20. The smallest absolute Gasteiger partial charge is 0.228 e. The summed E-state index contributed by atoms with van der Waals surface area (Å²) in [4.78, 5) is 34.4. The summed E-state index contributed by atoms with van der Waals surface area (Å²) in [5.74, 6) is 0.777. The third kappa shape index (κ3) is 4.71. The molecule has 1 N–H and O–H groups in total. The summed E-state index contributed by atoms with van der Waals surface area (Å²) in [5, 5.41) is 6.46. The van der Waals surface area contributed by atoms with Gasteiger partial charge in [0, 0.05) is 36.5 Å². The van der Waals surface area contributed by atoms with Gasteiger partial charge in [0.05, 0.1) is 18.7 Å². The van der Waals surface area contributed by atoms with Crippen molar-refractivity contribution in [3.05, 3.63) is 47.6 Å². The lowest BCUT2D eigenvalue weighted by molar-refractivity contribution is -0.120. The molecule has 0 aliphatic carbocycles. The predicted octanol–water partition coefficient (Wildman–Crippen LogP) is 2.95. The molecule has 0 unspecified atom stereocenters. The first-order valence-corrected chi connectivity index (χ1v) is 10.6. The third-order valence-corrected chi connectivity index (χ3v) is 5.59. The fourth-order valence-electron chi connectivity index (χ4n) is 3.25. The summed E-state index contributed by atoms with van der Waals surface area (Å²) in [6.07, 6.45) is 4.10. The molecule has 0 atom stereocenters. The number of nitrogens with zero attached hydrogens (tertiary/aromatic N) is 3. The molecule has 3 heterocycles. The average Bonchev–Trinajstić information content (AvgIpc) is 3.36. The van der Waals surface area contributed by atoms with Crippen molar-refractivity contribution in [1.29, 1.82) is 0 Å². The number of hydrogen-bond donors (Lipinski definition) is 1. The van der Waals surface area contributed by atoms with Gasteiger partial charge in [0.15, 0.2) is 5.13 Å². The number of thiazole rings is 1.